The first-order valence-corrected chi connectivity index (χ1v) is 8.87. The third kappa shape index (κ3) is 5.74. The normalized spacial score (nSPS) is 12.0. The predicted molar refractivity (Wildman–Crippen MR) is 96.4 cm³/mol. The van der Waals surface area contributed by atoms with Crippen molar-refractivity contribution in [1.29, 1.82) is 0 Å². The van der Waals surface area contributed by atoms with Gasteiger partial charge in [0.05, 0.1) is 18.1 Å². The Hall–Kier alpha value is -1.69. The molecular weight excluding hydrogens is 328 g/mol. The Morgan fingerprint density at radius 2 is 2.00 bits per heavy atom. The van der Waals surface area contributed by atoms with Crippen LogP contribution in [0.25, 0.3) is 0 Å². The molecule has 0 fully saturated rings. The van der Waals surface area contributed by atoms with Gasteiger partial charge in [-0.3, -0.25) is 9.59 Å². The first-order chi connectivity index (χ1) is 11.4. The first kappa shape index (κ1) is 20.4. The molecule has 0 aliphatic carbocycles. The largest absolute Gasteiger partial charge is 0.507 e. The van der Waals surface area contributed by atoms with Crippen molar-refractivity contribution in [3.8, 4) is 11.5 Å². The van der Waals surface area contributed by atoms with E-state index in [4.69, 9.17) is 9.84 Å². The van der Waals surface area contributed by atoms with Gasteiger partial charge in [0.15, 0.2) is 5.78 Å². The van der Waals surface area contributed by atoms with E-state index in [2.05, 4.69) is 12.6 Å². The van der Waals surface area contributed by atoms with Crippen LogP contribution in [-0.2, 0) is 11.2 Å². The Morgan fingerprint density at radius 1 is 1.29 bits per heavy atom. The lowest BCUT2D eigenvalue weighted by Crippen LogP contribution is -2.15. The van der Waals surface area contributed by atoms with Crippen molar-refractivity contribution >= 4 is 24.4 Å². The lowest BCUT2D eigenvalue weighted by atomic mass is 10.0. The topological polar surface area (TPSA) is 83.8 Å². The molecule has 0 aliphatic heterocycles. The number of phenolic OH excluding ortho intramolecular Hbond substituents is 1. The molecule has 0 saturated heterocycles. The summed E-state index contributed by atoms with van der Waals surface area (Å²) in [5, 5.41) is 19.2. The molecule has 1 aromatic rings. The summed E-state index contributed by atoms with van der Waals surface area (Å²) < 4.78 is 5.74. The van der Waals surface area contributed by atoms with Crippen molar-refractivity contribution < 1.29 is 24.5 Å². The fourth-order valence-corrected chi connectivity index (χ4v) is 2.84. The Labute approximate surface area is 148 Å². The van der Waals surface area contributed by atoms with E-state index < -0.39 is 11.9 Å². The number of thiol groups is 1. The number of aliphatic carboxylic acids is 1. The van der Waals surface area contributed by atoms with Gasteiger partial charge in [-0.05, 0) is 44.7 Å². The second-order valence-electron chi connectivity index (χ2n) is 5.81. The van der Waals surface area contributed by atoms with Crippen molar-refractivity contribution in [2.45, 2.75) is 46.0 Å². The van der Waals surface area contributed by atoms with Crippen LogP contribution < -0.4 is 4.74 Å². The standard InChI is InChI=1S/C18H26O5S/c1-3-6-15-16(9-8-14(12(2)19)17(15)20)23-10-5-4-7-13(11-24)18(21)22/h8-9,13,20,24H,3-7,10-11H2,1-2H3,(H,21,22)/t13-/m1/s1. The molecule has 24 heavy (non-hydrogen) atoms. The molecule has 0 radical (unpaired) electrons. The number of unbranched alkanes of at least 4 members (excludes halogenated alkanes) is 1. The maximum atomic E-state index is 11.5. The number of carboxylic acid groups (broad SMARTS) is 1. The molecule has 0 aliphatic rings. The number of hydrogen-bond donors (Lipinski definition) is 3. The van der Waals surface area contributed by atoms with Gasteiger partial charge in [-0.15, -0.1) is 0 Å². The zero-order valence-corrected chi connectivity index (χ0v) is 15.1. The lowest BCUT2D eigenvalue weighted by molar-refractivity contribution is -0.141. The number of benzene rings is 1. The number of carboxylic acids is 1. The number of ketones is 1. The number of ether oxygens (including phenoxy) is 1. The summed E-state index contributed by atoms with van der Waals surface area (Å²) in [5.41, 5.74) is 0.966. The first-order valence-electron chi connectivity index (χ1n) is 8.24. The zero-order valence-electron chi connectivity index (χ0n) is 14.2. The molecule has 1 aromatic carbocycles. The van der Waals surface area contributed by atoms with Gasteiger partial charge < -0.3 is 14.9 Å². The molecule has 0 heterocycles. The highest BCUT2D eigenvalue weighted by atomic mass is 32.1. The Kier molecular flexibility index (Phi) is 8.68. The van der Waals surface area contributed by atoms with Crippen LogP contribution in [0.15, 0.2) is 12.1 Å². The number of carbonyl (C=O) groups excluding carboxylic acids is 1. The van der Waals surface area contributed by atoms with Crippen molar-refractivity contribution in [3.05, 3.63) is 23.3 Å². The quantitative estimate of drug-likeness (QED) is 0.320. The summed E-state index contributed by atoms with van der Waals surface area (Å²) in [5.74, 6) is -0.505. The van der Waals surface area contributed by atoms with Crippen molar-refractivity contribution in [1.82, 2.24) is 0 Å². The minimum atomic E-state index is -0.819. The van der Waals surface area contributed by atoms with Crippen LogP contribution in [0.4, 0.5) is 0 Å². The van der Waals surface area contributed by atoms with Crippen LogP contribution in [0.1, 0.15) is 55.5 Å². The summed E-state index contributed by atoms with van der Waals surface area (Å²) in [6.45, 7) is 3.85. The fraction of sp³-hybridized carbons (Fsp3) is 0.556. The Bertz CT molecular complexity index is 571. The third-order valence-corrected chi connectivity index (χ3v) is 4.33. The van der Waals surface area contributed by atoms with Crippen LogP contribution in [0.3, 0.4) is 0 Å². The molecule has 0 unspecified atom stereocenters. The molecule has 0 spiro atoms. The highest BCUT2D eigenvalue weighted by molar-refractivity contribution is 7.80. The molecule has 6 heteroatoms. The second kappa shape index (κ2) is 10.2. The smallest absolute Gasteiger partial charge is 0.307 e. The van der Waals surface area contributed by atoms with Crippen molar-refractivity contribution in [2.24, 2.45) is 5.92 Å². The summed E-state index contributed by atoms with van der Waals surface area (Å²) in [6, 6.07) is 3.29. The summed E-state index contributed by atoms with van der Waals surface area (Å²) in [6.07, 6.45) is 3.48. The van der Waals surface area contributed by atoms with Gasteiger partial charge in [0.2, 0.25) is 0 Å². The van der Waals surface area contributed by atoms with E-state index in [0.29, 0.717) is 42.1 Å². The number of phenols is 1. The van der Waals surface area contributed by atoms with Crippen LogP contribution in [0.5, 0.6) is 11.5 Å². The van der Waals surface area contributed by atoms with Gasteiger partial charge in [0.25, 0.3) is 0 Å². The zero-order chi connectivity index (χ0) is 18.1. The van der Waals surface area contributed by atoms with Gasteiger partial charge in [-0.2, -0.15) is 12.6 Å². The summed E-state index contributed by atoms with van der Waals surface area (Å²) in [4.78, 5) is 22.4. The third-order valence-electron chi connectivity index (χ3n) is 3.89. The predicted octanol–water partition coefficient (Wildman–Crippen LogP) is 3.73. The molecule has 2 N–H and O–H groups in total. The van der Waals surface area contributed by atoms with E-state index in [-0.39, 0.29) is 11.5 Å². The molecule has 134 valence electrons. The average Bonchev–Trinajstić information content (AvgIpc) is 2.53. The maximum absolute atomic E-state index is 11.5. The van der Waals surface area contributed by atoms with Gasteiger partial charge in [-0.25, -0.2) is 0 Å². The van der Waals surface area contributed by atoms with Crippen molar-refractivity contribution in [3.63, 3.8) is 0 Å². The average molecular weight is 354 g/mol. The van der Waals surface area contributed by atoms with Crippen LogP contribution >= 0.6 is 12.6 Å². The molecule has 1 atom stereocenters. The van der Waals surface area contributed by atoms with Gasteiger partial charge in [-0.1, -0.05) is 13.3 Å². The van der Waals surface area contributed by atoms with E-state index in [1.807, 2.05) is 6.92 Å². The fourth-order valence-electron chi connectivity index (χ4n) is 2.50. The van der Waals surface area contributed by atoms with E-state index in [1.54, 1.807) is 12.1 Å². The lowest BCUT2D eigenvalue weighted by Gasteiger charge is -2.15. The number of Topliss-reactive ketones (excluding diaryl/α,β-unsaturated/α-hetero) is 1. The SMILES string of the molecule is CCCc1c(OCCCC[C@H](CS)C(=O)O)ccc(C(C)=O)c1O. The number of carbonyl (C=O) groups is 2. The number of aromatic hydroxyl groups is 1. The van der Waals surface area contributed by atoms with Gasteiger partial charge in [0.1, 0.15) is 11.5 Å². The minimum Gasteiger partial charge on any atom is -0.507 e. The van der Waals surface area contributed by atoms with Gasteiger partial charge in [0, 0.05) is 11.3 Å². The van der Waals surface area contributed by atoms with E-state index >= 15 is 0 Å². The molecule has 5 nitrogen and oxygen atoms in total. The number of hydrogen-bond acceptors (Lipinski definition) is 5. The molecular formula is C18H26O5S. The van der Waals surface area contributed by atoms with E-state index in [0.717, 1.165) is 19.3 Å². The monoisotopic (exact) mass is 354 g/mol. The highest BCUT2D eigenvalue weighted by Gasteiger charge is 2.16. The van der Waals surface area contributed by atoms with Crippen LogP contribution in [0.2, 0.25) is 0 Å². The molecule has 0 bridgehead atoms. The molecule has 0 saturated carbocycles. The minimum absolute atomic E-state index is 0.00265. The Balaban J connectivity index is 2.63. The molecule has 1 rings (SSSR count). The van der Waals surface area contributed by atoms with Gasteiger partial charge >= 0.3 is 5.97 Å². The highest BCUT2D eigenvalue weighted by Crippen LogP contribution is 2.33. The van der Waals surface area contributed by atoms with Crippen molar-refractivity contribution in [2.75, 3.05) is 12.4 Å². The van der Waals surface area contributed by atoms with E-state index in [9.17, 15) is 14.7 Å². The maximum Gasteiger partial charge on any atom is 0.307 e. The van der Waals surface area contributed by atoms with E-state index in [1.165, 1.54) is 6.92 Å². The summed E-state index contributed by atoms with van der Waals surface area (Å²) in [7, 11) is 0. The molecule has 0 amide bonds. The second-order valence-corrected chi connectivity index (χ2v) is 6.17. The summed E-state index contributed by atoms with van der Waals surface area (Å²) >= 11 is 4.04. The van der Waals surface area contributed by atoms with Crippen LogP contribution in [0, 0.1) is 5.92 Å². The molecule has 0 aromatic heterocycles. The number of rotatable bonds is 11. The van der Waals surface area contributed by atoms with Crippen LogP contribution in [-0.4, -0.2) is 34.3 Å². The Morgan fingerprint density at radius 3 is 2.54 bits per heavy atom.